The molecule has 0 spiro atoms. The van der Waals surface area contributed by atoms with Gasteiger partial charge in [-0.15, -0.1) is 0 Å². The fraction of sp³-hybridized carbons (Fsp3) is 0.250. The third-order valence-corrected chi connectivity index (χ3v) is 2.38. The first-order valence-corrected chi connectivity index (χ1v) is 5.16. The van der Waals surface area contributed by atoms with E-state index in [4.69, 9.17) is 0 Å². The van der Waals surface area contributed by atoms with Gasteiger partial charge in [0.05, 0.1) is 6.20 Å². The van der Waals surface area contributed by atoms with Gasteiger partial charge in [-0.3, -0.25) is 14.5 Å². The van der Waals surface area contributed by atoms with Crippen LogP contribution in [0.2, 0.25) is 0 Å². The number of carbonyl (C=O) groups excluding carboxylic acids is 1. The Morgan fingerprint density at radius 2 is 2.31 bits per heavy atom. The molecule has 0 unspecified atom stereocenters. The van der Waals surface area contributed by atoms with Crippen LogP contribution in [0.15, 0.2) is 36.9 Å². The van der Waals surface area contributed by atoms with E-state index in [1.54, 1.807) is 35.4 Å². The highest BCUT2D eigenvalue weighted by molar-refractivity contribution is 5.95. The zero-order chi connectivity index (χ0) is 11.4. The highest BCUT2D eigenvalue weighted by Gasteiger charge is 2.06. The molecule has 2 aromatic rings. The molecular weight excluding hydrogens is 202 g/mol. The lowest BCUT2D eigenvalue weighted by atomic mass is 10.1. The molecule has 0 aromatic carbocycles. The molecule has 0 fully saturated rings. The van der Waals surface area contributed by atoms with E-state index in [1.807, 2.05) is 13.2 Å². The van der Waals surface area contributed by atoms with E-state index in [9.17, 15) is 4.79 Å². The Balaban J connectivity index is 1.94. The molecule has 2 aromatic heterocycles. The first-order valence-electron chi connectivity index (χ1n) is 5.16. The van der Waals surface area contributed by atoms with Gasteiger partial charge in [-0.1, -0.05) is 0 Å². The summed E-state index contributed by atoms with van der Waals surface area (Å²) in [5, 5.41) is 4.06. The summed E-state index contributed by atoms with van der Waals surface area (Å²) < 4.78 is 1.74. The molecule has 0 aliphatic carbocycles. The van der Waals surface area contributed by atoms with Crippen LogP contribution in [0.5, 0.6) is 0 Å². The third kappa shape index (κ3) is 2.53. The minimum atomic E-state index is 0.122. The van der Waals surface area contributed by atoms with Gasteiger partial charge in [0.1, 0.15) is 0 Å². The monoisotopic (exact) mass is 215 g/mol. The average molecular weight is 215 g/mol. The van der Waals surface area contributed by atoms with Gasteiger partial charge in [-0.2, -0.15) is 5.10 Å². The lowest BCUT2D eigenvalue weighted by Crippen LogP contribution is -2.01. The molecule has 16 heavy (non-hydrogen) atoms. The van der Waals surface area contributed by atoms with Crippen molar-refractivity contribution in [3.8, 4) is 0 Å². The average Bonchev–Trinajstić information content (AvgIpc) is 2.73. The van der Waals surface area contributed by atoms with Crippen LogP contribution in [-0.4, -0.2) is 20.5 Å². The zero-order valence-electron chi connectivity index (χ0n) is 9.13. The molecule has 4 nitrogen and oxygen atoms in total. The van der Waals surface area contributed by atoms with E-state index < -0.39 is 0 Å². The van der Waals surface area contributed by atoms with Gasteiger partial charge in [-0.25, -0.2) is 0 Å². The minimum Gasteiger partial charge on any atom is -0.294 e. The molecule has 2 heterocycles. The highest BCUT2D eigenvalue weighted by atomic mass is 16.1. The molecule has 0 aliphatic rings. The van der Waals surface area contributed by atoms with Crippen LogP contribution >= 0.6 is 0 Å². The van der Waals surface area contributed by atoms with Gasteiger partial charge < -0.3 is 0 Å². The Hall–Kier alpha value is -1.97. The normalized spacial score (nSPS) is 10.3. The van der Waals surface area contributed by atoms with Crippen LogP contribution in [0.25, 0.3) is 0 Å². The fourth-order valence-corrected chi connectivity index (χ4v) is 1.53. The van der Waals surface area contributed by atoms with Gasteiger partial charge in [0, 0.05) is 37.6 Å². The molecule has 0 aliphatic heterocycles. The number of ketones is 1. The molecule has 0 atom stereocenters. The maximum atomic E-state index is 11.8. The number of nitrogens with zero attached hydrogens (tertiary/aromatic N) is 3. The van der Waals surface area contributed by atoms with Crippen molar-refractivity contribution in [2.24, 2.45) is 7.05 Å². The first kappa shape index (κ1) is 10.5. The molecule has 0 saturated heterocycles. The summed E-state index contributed by atoms with van der Waals surface area (Å²) >= 11 is 0. The number of rotatable bonds is 4. The van der Waals surface area contributed by atoms with Gasteiger partial charge in [-0.05, 0) is 24.1 Å². The van der Waals surface area contributed by atoms with Crippen molar-refractivity contribution in [2.45, 2.75) is 12.8 Å². The summed E-state index contributed by atoms with van der Waals surface area (Å²) in [6.45, 7) is 0. The summed E-state index contributed by atoms with van der Waals surface area (Å²) in [6.07, 6.45) is 8.20. The Bertz CT molecular complexity index is 476. The lowest BCUT2D eigenvalue weighted by molar-refractivity contribution is 0.0982. The Labute approximate surface area is 93.9 Å². The summed E-state index contributed by atoms with van der Waals surface area (Å²) in [5.41, 5.74) is 1.76. The first-order chi connectivity index (χ1) is 7.75. The van der Waals surface area contributed by atoms with Gasteiger partial charge in [0.2, 0.25) is 0 Å². The van der Waals surface area contributed by atoms with Crippen LogP contribution in [0.1, 0.15) is 22.3 Å². The Morgan fingerprint density at radius 3 is 2.94 bits per heavy atom. The van der Waals surface area contributed by atoms with Crippen molar-refractivity contribution in [1.29, 1.82) is 0 Å². The Kier molecular flexibility index (Phi) is 3.10. The second-order valence-corrected chi connectivity index (χ2v) is 3.69. The highest BCUT2D eigenvalue weighted by Crippen LogP contribution is 2.06. The number of pyridine rings is 1. The maximum Gasteiger partial charge on any atom is 0.164 e. The predicted octanol–water partition coefficient (Wildman–Crippen LogP) is 1.63. The molecule has 0 bridgehead atoms. The summed E-state index contributed by atoms with van der Waals surface area (Å²) in [4.78, 5) is 15.7. The van der Waals surface area contributed by atoms with E-state index in [-0.39, 0.29) is 5.78 Å². The van der Waals surface area contributed by atoms with E-state index in [0.717, 1.165) is 12.0 Å². The minimum absolute atomic E-state index is 0.122. The maximum absolute atomic E-state index is 11.8. The topological polar surface area (TPSA) is 47.8 Å². The summed E-state index contributed by atoms with van der Waals surface area (Å²) in [7, 11) is 1.87. The molecule has 0 saturated carbocycles. The number of Topliss-reactive ketones (excluding diaryl/α,β-unsaturated/α-hetero) is 1. The van der Waals surface area contributed by atoms with Crippen LogP contribution in [0.3, 0.4) is 0 Å². The molecule has 4 heteroatoms. The number of hydrogen-bond donors (Lipinski definition) is 0. The second-order valence-electron chi connectivity index (χ2n) is 3.69. The van der Waals surface area contributed by atoms with Crippen LogP contribution in [0, 0.1) is 0 Å². The standard InChI is InChI=1S/C12H13N3O/c1-15-9-10(7-14-15)4-5-12(16)11-3-2-6-13-8-11/h2-3,6-9H,4-5H2,1H3. The third-order valence-electron chi connectivity index (χ3n) is 2.38. The van der Waals surface area contributed by atoms with E-state index in [0.29, 0.717) is 12.0 Å². The lowest BCUT2D eigenvalue weighted by Gasteiger charge is -1.98. The predicted molar refractivity (Wildman–Crippen MR) is 60.1 cm³/mol. The van der Waals surface area contributed by atoms with Gasteiger partial charge >= 0.3 is 0 Å². The van der Waals surface area contributed by atoms with Crippen molar-refractivity contribution >= 4 is 5.78 Å². The largest absolute Gasteiger partial charge is 0.294 e. The fourth-order valence-electron chi connectivity index (χ4n) is 1.53. The number of aryl methyl sites for hydroxylation is 2. The SMILES string of the molecule is Cn1cc(CCC(=O)c2cccnc2)cn1. The number of carbonyl (C=O) groups is 1. The summed E-state index contributed by atoms with van der Waals surface area (Å²) in [5.74, 6) is 0.122. The Morgan fingerprint density at radius 1 is 1.44 bits per heavy atom. The van der Waals surface area contributed by atoms with Crippen molar-refractivity contribution in [2.75, 3.05) is 0 Å². The molecule has 82 valence electrons. The molecule has 2 rings (SSSR count). The molecule has 0 N–H and O–H groups in total. The van der Waals surface area contributed by atoms with Crippen LogP contribution < -0.4 is 0 Å². The quantitative estimate of drug-likeness (QED) is 0.728. The molecular formula is C12H13N3O. The molecule has 0 amide bonds. The van der Waals surface area contributed by atoms with Gasteiger partial charge in [0.15, 0.2) is 5.78 Å². The zero-order valence-corrected chi connectivity index (χ0v) is 9.13. The van der Waals surface area contributed by atoms with Gasteiger partial charge in [0.25, 0.3) is 0 Å². The summed E-state index contributed by atoms with van der Waals surface area (Å²) in [6, 6.07) is 3.57. The van der Waals surface area contributed by atoms with Crippen molar-refractivity contribution in [1.82, 2.24) is 14.8 Å². The van der Waals surface area contributed by atoms with E-state index in [1.165, 1.54) is 0 Å². The smallest absolute Gasteiger partial charge is 0.164 e. The number of hydrogen-bond acceptors (Lipinski definition) is 3. The van der Waals surface area contributed by atoms with Crippen molar-refractivity contribution in [3.63, 3.8) is 0 Å². The van der Waals surface area contributed by atoms with Crippen molar-refractivity contribution < 1.29 is 4.79 Å². The molecule has 0 radical (unpaired) electrons. The van der Waals surface area contributed by atoms with Crippen LogP contribution in [0.4, 0.5) is 0 Å². The van der Waals surface area contributed by atoms with E-state index in [2.05, 4.69) is 10.1 Å². The van der Waals surface area contributed by atoms with Crippen LogP contribution in [-0.2, 0) is 13.5 Å². The van der Waals surface area contributed by atoms with E-state index >= 15 is 0 Å². The number of aromatic nitrogens is 3. The second kappa shape index (κ2) is 4.70. The van der Waals surface area contributed by atoms with Crippen molar-refractivity contribution in [3.05, 3.63) is 48.0 Å².